The number of benzene rings is 1. The van der Waals surface area contributed by atoms with E-state index in [-0.39, 0.29) is 5.82 Å². The van der Waals surface area contributed by atoms with Crippen molar-refractivity contribution in [3.05, 3.63) is 60.8 Å². The summed E-state index contributed by atoms with van der Waals surface area (Å²) in [7, 11) is 0. The van der Waals surface area contributed by atoms with Crippen molar-refractivity contribution in [3.8, 4) is 0 Å². The van der Waals surface area contributed by atoms with Gasteiger partial charge in [-0.05, 0) is 49.1 Å². The molecule has 0 atom stereocenters. The van der Waals surface area contributed by atoms with Gasteiger partial charge in [-0.25, -0.2) is 4.39 Å². The molecule has 2 aliphatic rings. The Morgan fingerprint density at radius 1 is 1.22 bits per heavy atom. The Balaban J connectivity index is 1.56. The molecule has 142 valence electrons. The van der Waals surface area contributed by atoms with Crippen LogP contribution < -0.4 is 16.0 Å². The number of allylic oxidation sites excluding steroid dienone is 2. The molecule has 2 aromatic rings. The second kappa shape index (κ2) is 7.51. The molecule has 0 amide bonds. The van der Waals surface area contributed by atoms with Gasteiger partial charge in [0.05, 0.1) is 11.4 Å². The number of aryl methyl sites for hydroxylation is 1. The number of nitrogens with one attached hydrogen (secondary N) is 1. The average Bonchev–Trinajstić information content (AvgIpc) is 3.36. The van der Waals surface area contributed by atoms with Crippen molar-refractivity contribution in [2.45, 2.75) is 44.7 Å². The fourth-order valence-corrected chi connectivity index (χ4v) is 4.19. The van der Waals surface area contributed by atoms with Crippen LogP contribution in [0.3, 0.4) is 0 Å². The minimum atomic E-state index is -0.224. The third kappa shape index (κ3) is 3.46. The largest absolute Gasteiger partial charge is 0.398 e. The minimum absolute atomic E-state index is 0.224. The Bertz CT molecular complexity index is 848. The lowest BCUT2D eigenvalue weighted by Crippen LogP contribution is -2.31. The molecule has 5 heteroatoms. The summed E-state index contributed by atoms with van der Waals surface area (Å²) in [5.41, 5.74) is 9.46. The lowest BCUT2D eigenvalue weighted by Gasteiger charge is -2.34. The summed E-state index contributed by atoms with van der Waals surface area (Å²) in [5.74, 6) is -0.224. The van der Waals surface area contributed by atoms with E-state index in [1.807, 2.05) is 36.8 Å². The van der Waals surface area contributed by atoms with E-state index in [0.29, 0.717) is 29.6 Å². The van der Waals surface area contributed by atoms with E-state index < -0.39 is 0 Å². The summed E-state index contributed by atoms with van der Waals surface area (Å²) in [6.07, 6.45) is 13.5. The van der Waals surface area contributed by atoms with Gasteiger partial charge in [-0.2, -0.15) is 0 Å². The highest BCUT2D eigenvalue weighted by molar-refractivity contribution is 5.93. The molecule has 1 aromatic heterocycles. The molecule has 1 fully saturated rings. The van der Waals surface area contributed by atoms with E-state index >= 15 is 4.39 Å². The number of halogens is 1. The van der Waals surface area contributed by atoms with E-state index in [1.54, 1.807) is 6.07 Å². The van der Waals surface area contributed by atoms with E-state index in [2.05, 4.69) is 21.4 Å². The van der Waals surface area contributed by atoms with Crippen LogP contribution in [0.25, 0.3) is 5.57 Å². The molecular weight excluding hydrogens is 339 g/mol. The van der Waals surface area contributed by atoms with Crippen molar-refractivity contribution >= 4 is 22.6 Å². The predicted molar refractivity (Wildman–Crippen MR) is 111 cm³/mol. The third-order valence-electron chi connectivity index (χ3n) is 5.58. The number of rotatable bonds is 6. The maximum Gasteiger partial charge on any atom is 0.170 e. The molecule has 1 saturated carbocycles. The monoisotopic (exact) mass is 366 g/mol. The van der Waals surface area contributed by atoms with Crippen molar-refractivity contribution in [1.29, 1.82) is 0 Å². The number of hydrogen-bond acceptors (Lipinski definition) is 3. The van der Waals surface area contributed by atoms with E-state index in [4.69, 9.17) is 5.73 Å². The lowest BCUT2D eigenvalue weighted by molar-refractivity contribution is 0.602. The summed E-state index contributed by atoms with van der Waals surface area (Å²) in [5, 5.41) is 3.24. The van der Waals surface area contributed by atoms with E-state index in [9.17, 15) is 0 Å². The normalized spacial score (nSPS) is 16.8. The molecular formula is C22H27FN4. The van der Waals surface area contributed by atoms with Crippen LogP contribution in [0, 0.1) is 5.82 Å². The van der Waals surface area contributed by atoms with Gasteiger partial charge in [-0.15, -0.1) is 0 Å². The van der Waals surface area contributed by atoms with E-state index in [0.717, 1.165) is 36.9 Å². The smallest absolute Gasteiger partial charge is 0.170 e. The maximum absolute atomic E-state index is 15.5. The summed E-state index contributed by atoms with van der Waals surface area (Å²) >= 11 is 0. The first kappa shape index (κ1) is 17.7. The van der Waals surface area contributed by atoms with Crippen molar-refractivity contribution in [2.24, 2.45) is 0 Å². The zero-order valence-electron chi connectivity index (χ0n) is 15.6. The van der Waals surface area contributed by atoms with Crippen LogP contribution in [-0.4, -0.2) is 17.2 Å². The molecule has 0 saturated heterocycles. The van der Waals surface area contributed by atoms with Crippen LogP contribution >= 0.6 is 0 Å². The molecule has 4 rings (SSSR count). The van der Waals surface area contributed by atoms with E-state index in [1.165, 1.54) is 12.8 Å². The molecule has 0 radical (unpaired) electrons. The molecule has 27 heavy (non-hydrogen) atoms. The van der Waals surface area contributed by atoms with Gasteiger partial charge < -0.3 is 20.5 Å². The number of nitrogen functional groups attached to an aromatic ring is 1. The maximum atomic E-state index is 15.5. The topological polar surface area (TPSA) is 46.2 Å². The first-order valence-electron chi connectivity index (χ1n) is 9.77. The molecule has 0 bridgehead atoms. The van der Waals surface area contributed by atoms with Gasteiger partial charge in [0.1, 0.15) is 0 Å². The molecule has 2 heterocycles. The third-order valence-corrected chi connectivity index (χ3v) is 5.58. The summed E-state index contributed by atoms with van der Waals surface area (Å²) in [4.78, 5) is 2.08. The lowest BCUT2D eigenvalue weighted by atomic mass is 9.96. The van der Waals surface area contributed by atoms with Crippen molar-refractivity contribution in [2.75, 3.05) is 22.5 Å². The fraction of sp³-hybridized carbons (Fsp3) is 0.364. The second-order valence-corrected chi connectivity index (χ2v) is 7.44. The molecule has 1 aromatic carbocycles. The number of fused-ring (bicyclic) bond motifs is 1. The van der Waals surface area contributed by atoms with Gasteiger partial charge in [-0.1, -0.05) is 19.4 Å². The fourth-order valence-electron chi connectivity index (χ4n) is 4.19. The predicted octanol–water partition coefficient (Wildman–Crippen LogP) is 5.00. The van der Waals surface area contributed by atoms with Crippen LogP contribution in [0.15, 0.2) is 49.4 Å². The SMILES string of the molecule is C=C1C=CN(C2CCCC2)c2c(F)c(NCCCn3cccc3)cc(N)c21. The zero-order valence-corrected chi connectivity index (χ0v) is 15.6. The Kier molecular flexibility index (Phi) is 4.92. The Labute approximate surface area is 160 Å². The van der Waals surface area contributed by atoms with Crippen LogP contribution in [0.4, 0.5) is 21.5 Å². The molecule has 1 aliphatic heterocycles. The first-order valence-corrected chi connectivity index (χ1v) is 9.77. The van der Waals surface area contributed by atoms with Crippen molar-refractivity contribution in [3.63, 3.8) is 0 Å². The van der Waals surface area contributed by atoms with Crippen LogP contribution in [0.2, 0.25) is 0 Å². The van der Waals surface area contributed by atoms with Crippen molar-refractivity contribution in [1.82, 2.24) is 4.57 Å². The summed E-state index contributed by atoms with van der Waals surface area (Å²) in [6, 6.07) is 6.07. The number of aromatic nitrogens is 1. The van der Waals surface area contributed by atoms with Gasteiger partial charge in [0, 0.05) is 49.0 Å². The summed E-state index contributed by atoms with van der Waals surface area (Å²) in [6.45, 7) is 5.66. The number of nitrogens with zero attached hydrogens (tertiary/aromatic N) is 2. The van der Waals surface area contributed by atoms with Crippen LogP contribution in [-0.2, 0) is 6.54 Å². The molecule has 0 spiro atoms. The number of anilines is 3. The average molecular weight is 366 g/mol. The first-order chi connectivity index (χ1) is 13.1. The van der Waals surface area contributed by atoms with Gasteiger partial charge in [0.2, 0.25) is 0 Å². The zero-order chi connectivity index (χ0) is 18.8. The molecule has 0 unspecified atom stereocenters. The number of hydrogen-bond donors (Lipinski definition) is 2. The molecule has 1 aliphatic carbocycles. The number of nitrogens with two attached hydrogens (primary N) is 1. The van der Waals surface area contributed by atoms with Gasteiger partial charge in [0.15, 0.2) is 5.82 Å². The highest BCUT2D eigenvalue weighted by Gasteiger charge is 2.30. The Morgan fingerprint density at radius 2 is 1.96 bits per heavy atom. The highest BCUT2D eigenvalue weighted by Crippen LogP contribution is 2.44. The van der Waals surface area contributed by atoms with Crippen LogP contribution in [0.1, 0.15) is 37.7 Å². The van der Waals surface area contributed by atoms with Crippen LogP contribution in [0.5, 0.6) is 0 Å². The summed E-state index contributed by atoms with van der Waals surface area (Å²) < 4.78 is 17.6. The molecule has 3 N–H and O–H groups in total. The standard InChI is InChI=1S/C22H27FN4/c1-16-9-14-27(17-7-2-3-8-17)22-20(16)18(24)15-19(21(22)23)25-10-6-13-26-11-4-5-12-26/h4-5,9,11-12,14-15,17,25H,1-3,6-8,10,13,24H2. The molecule has 4 nitrogen and oxygen atoms in total. The van der Waals surface area contributed by atoms with Gasteiger partial charge in [-0.3, -0.25) is 0 Å². The van der Waals surface area contributed by atoms with Crippen molar-refractivity contribution < 1.29 is 4.39 Å². The second-order valence-electron chi connectivity index (χ2n) is 7.44. The highest BCUT2D eigenvalue weighted by atomic mass is 19.1. The van der Waals surface area contributed by atoms with Gasteiger partial charge in [0.25, 0.3) is 0 Å². The van der Waals surface area contributed by atoms with Gasteiger partial charge >= 0.3 is 0 Å². The Hall–Kier alpha value is -2.69. The minimum Gasteiger partial charge on any atom is -0.398 e. The quantitative estimate of drug-likeness (QED) is 0.558. The Morgan fingerprint density at radius 3 is 2.70 bits per heavy atom.